The van der Waals surface area contributed by atoms with Gasteiger partial charge in [0.25, 0.3) is 0 Å². The van der Waals surface area contributed by atoms with Crippen LogP contribution in [0.1, 0.15) is 328 Å². The minimum atomic E-state index is -4.38. The van der Waals surface area contributed by atoms with Crippen LogP contribution in [0.15, 0.2) is 24.3 Å². The SMILES string of the molecule is CCCC/C=C\C/C=C\CCCCCCCC(=O)OC(COC(=O)CCCCCCCCCCCCCCCCCCCCCCCCCCCCCCCCCCCCCCC)COP(=O)(O)OCC[N+](C)(C)C. The zero-order valence-electron chi connectivity index (χ0n) is 50.6. The number of rotatable bonds is 61. The number of hydrogen-bond donors (Lipinski definition) is 1. The van der Waals surface area contributed by atoms with Gasteiger partial charge in [-0.3, -0.25) is 18.6 Å². The highest BCUT2D eigenvalue weighted by atomic mass is 31.2. The first-order chi connectivity index (χ1) is 36.5. The molecule has 444 valence electrons. The fraction of sp³-hybridized carbons (Fsp3) is 0.908. The third kappa shape index (κ3) is 61.6. The first-order valence-corrected chi connectivity index (χ1v) is 34.1. The highest BCUT2D eigenvalue weighted by Crippen LogP contribution is 2.43. The van der Waals surface area contributed by atoms with Crippen molar-refractivity contribution in [3.63, 3.8) is 0 Å². The molecule has 0 aromatic heterocycles. The molecule has 0 fully saturated rings. The van der Waals surface area contributed by atoms with E-state index in [4.69, 9.17) is 18.5 Å². The average molecular weight is 1080 g/mol. The summed E-state index contributed by atoms with van der Waals surface area (Å²) in [5.74, 6) is -0.799. The van der Waals surface area contributed by atoms with Crippen molar-refractivity contribution in [1.29, 1.82) is 0 Å². The van der Waals surface area contributed by atoms with Crippen molar-refractivity contribution in [2.75, 3.05) is 47.5 Å². The normalized spacial score (nSPS) is 13.3. The highest BCUT2D eigenvalue weighted by molar-refractivity contribution is 7.47. The minimum Gasteiger partial charge on any atom is -0.462 e. The van der Waals surface area contributed by atoms with Gasteiger partial charge in [0.15, 0.2) is 6.10 Å². The third-order valence-electron chi connectivity index (χ3n) is 14.7. The molecule has 0 aromatic carbocycles. The molecular weight excluding hydrogens is 954 g/mol. The van der Waals surface area contributed by atoms with Gasteiger partial charge in [0.1, 0.15) is 19.8 Å². The van der Waals surface area contributed by atoms with Gasteiger partial charge in [-0.2, -0.15) is 0 Å². The summed E-state index contributed by atoms with van der Waals surface area (Å²) in [6, 6.07) is 0. The second-order valence-electron chi connectivity index (χ2n) is 23.5. The lowest BCUT2D eigenvalue weighted by molar-refractivity contribution is -0.870. The number of esters is 2. The summed E-state index contributed by atoms with van der Waals surface area (Å²) in [5.41, 5.74) is 0. The summed E-state index contributed by atoms with van der Waals surface area (Å²) in [6.07, 6.45) is 70.2. The van der Waals surface area contributed by atoms with E-state index in [1.54, 1.807) is 0 Å². The molecule has 0 aromatic rings. The number of unbranched alkanes of at least 4 members (excludes halogenated alkanes) is 43. The summed E-state index contributed by atoms with van der Waals surface area (Å²) in [6.45, 7) is 4.42. The molecule has 0 aliphatic carbocycles. The average Bonchev–Trinajstić information content (AvgIpc) is 3.37. The van der Waals surface area contributed by atoms with Gasteiger partial charge in [-0.1, -0.05) is 301 Å². The molecule has 1 N–H and O–H groups in total. The van der Waals surface area contributed by atoms with E-state index >= 15 is 0 Å². The van der Waals surface area contributed by atoms with E-state index in [-0.39, 0.29) is 25.6 Å². The predicted octanol–water partition coefficient (Wildman–Crippen LogP) is 20.5. The van der Waals surface area contributed by atoms with E-state index < -0.39 is 26.5 Å². The van der Waals surface area contributed by atoms with Crippen molar-refractivity contribution in [2.45, 2.75) is 335 Å². The Hall–Kier alpha value is -1.51. The Morgan fingerprint density at radius 3 is 1.09 bits per heavy atom. The molecule has 0 saturated heterocycles. The summed E-state index contributed by atoms with van der Waals surface area (Å²) in [5, 5.41) is 0. The number of carbonyl (C=O) groups is 2. The Balaban J connectivity index is 3.86. The summed E-state index contributed by atoms with van der Waals surface area (Å²) in [4.78, 5) is 35.6. The van der Waals surface area contributed by atoms with Crippen LogP contribution in [-0.4, -0.2) is 74.9 Å². The summed E-state index contributed by atoms with van der Waals surface area (Å²) in [7, 11) is 1.48. The fourth-order valence-corrected chi connectivity index (χ4v) is 10.4. The van der Waals surface area contributed by atoms with Crippen molar-refractivity contribution in [1.82, 2.24) is 0 Å². The second-order valence-corrected chi connectivity index (χ2v) is 25.0. The third-order valence-corrected chi connectivity index (χ3v) is 15.7. The van der Waals surface area contributed by atoms with Crippen LogP contribution >= 0.6 is 7.82 Å². The zero-order chi connectivity index (χ0) is 54.9. The van der Waals surface area contributed by atoms with Gasteiger partial charge in [0, 0.05) is 12.8 Å². The maximum Gasteiger partial charge on any atom is 0.472 e. The zero-order valence-corrected chi connectivity index (χ0v) is 51.5. The quantitative estimate of drug-likeness (QED) is 0.0211. The number of nitrogens with zero attached hydrogens (tertiary/aromatic N) is 1. The summed E-state index contributed by atoms with van der Waals surface area (Å²) < 4.78 is 34.5. The standard InChI is InChI=1S/C65H126NO8P/c1-6-8-10-12-14-16-18-20-22-23-24-25-26-27-28-29-30-31-32-33-34-35-36-37-38-39-40-41-42-43-44-46-47-49-51-53-55-57-64(67)71-61-63(62-73-75(69,70)72-60-59-66(3,4)5)74-65(68)58-56-54-52-50-48-45-21-19-17-15-13-11-9-7-2/h13,15,19,21,63H,6-12,14,16-18,20,22-62H2,1-5H3/p+1/b15-13-,21-19-. The molecule has 0 saturated carbocycles. The van der Waals surface area contributed by atoms with E-state index in [9.17, 15) is 19.0 Å². The van der Waals surface area contributed by atoms with Gasteiger partial charge in [-0.25, -0.2) is 4.57 Å². The molecule has 9 nitrogen and oxygen atoms in total. The number of ether oxygens (including phenoxy) is 2. The van der Waals surface area contributed by atoms with Gasteiger partial charge in [0.2, 0.25) is 0 Å². The van der Waals surface area contributed by atoms with Gasteiger partial charge in [-0.15, -0.1) is 0 Å². The van der Waals surface area contributed by atoms with Crippen LogP contribution in [0.25, 0.3) is 0 Å². The molecule has 2 unspecified atom stereocenters. The second kappa shape index (κ2) is 57.2. The number of allylic oxidation sites excluding steroid dienone is 4. The molecule has 0 rings (SSSR count). The lowest BCUT2D eigenvalue weighted by Gasteiger charge is -2.24. The van der Waals surface area contributed by atoms with Crippen molar-refractivity contribution in [3.05, 3.63) is 24.3 Å². The van der Waals surface area contributed by atoms with E-state index in [0.717, 1.165) is 64.2 Å². The monoisotopic (exact) mass is 1080 g/mol. The van der Waals surface area contributed by atoms with Crippen LogP contribution in [0.4, 0.5) is 0 Å². The van der Waals surface area contributed by atoms with Crippen LogP contribution in [0.3, 0.4) is 0 Å². The number of carbonyl (C=O) groups excluding carboxylic acids is 2. The molecule has 2 atom stereocenters. The van der Waals surface area contributed by atoms with Gasteiger partial charge < -0.3 is 18.9 Å². The lowest BCUT2D eigenvalue weighted by atomic mass is 10.0. The molecule has 0 heterocycles. The van der Waals surface area contributed by atoms with Crippen molar-refractivity contribution in [2.24, 2.45) is 0 Å². The van der Waals surface area contributed by atoms with Gasteiger partial charge in [-0.05, 0) is 38.5 Å². The Bertz CT molecular complexity index is 1320. The number of quaternary nitrogens is 1. The van der Waals surface area contributed by atoms with Crippen molar-refractivity contribution >= 4 is 19.8 Å². The van der Waals surface area contributed by atoms with Crippen LogP contribution in [-0.2, 0) is 32.7 Å². The molecule has 75 heavy (non-hydrogen) atoms. The maximum absolute atomic E-state index is 12.8. The number of hydrogen-bond acceptors (Lipinski definition) is 7. The molecule has 0 spiro atoms. The van der Waals surface area contributed by atoms with Crippen LogP contribution in [0.5, 0.6) is 0 Å². The van der Waals surface area contributed by atoms with Crippen LogP contribution in [0.2, 0.25) is 0 Å². The topological polar surface area (TPSA) is 108 Å². The van der Waals surface area contributed by atoms with Crippen molar-refractivity contribution < 1.29 is 42.1 Å². The Morgan fingerprint density at radius 2 is 0.733 bits per heavy atom. The first-order valence-electron chi connectivity index (χ1n) is 32.6. The lowest BCUT2D eigenvalue weighted by Crippen LogP contribution is -2.37. The van der Waals surface area contributed by atoms with Crippen LogP contribution < -0.4 is 0 Å². The molecule has 0 radical (unpaired) electrons. The number of phosphoric ester groups is 1. The molecule has 10 heteroatoms. The van der Waals surface area contributed by atoms with Crippen molar-refractivity contribution in [3.8, 4) is 0 Å². The Morgan fingerprint density at radius 1 is 0.413 bits per heavy atom. The van der Waals surface area contributed by atoms with Gasteiger partial charge >= 0.3 is 19.8 Å². The molecule has 0 amide bonds. The molecular formula is C65H127NO8P+. The molecule has 0 aliphatic heterocycles. The first kappa shape index (κ1) is 73.5. The Labute approximate surface area is 466 Å². The predicted molar refractivity (Wildman–Crippen MR) is 321 cm³/mol. The van der Waals surface area contributed by atoms with E-state index in [1.165, 1.54) is 231 Å². The number of phosphoric acid groups is 1. The van der Waals surface area contributed by atoms with E-state index in [1.807, 2.05) is 21.1 Å². The van der Waals surface area contributed by atoms with Gasteiger partial charge in [0.05, 0.1) is 27.7 Å². The minimum absolute atomic E-state index is 0.0310. The maximum atomic E-state index is 12.8. The van der Waals surface area contributed by atoms with Crippen LogP contribution in [0, 0.1) is 0 Å². The number of likely N-dealkylation sites (N-methyl/N-ethyl adjacent to an activating group) is 1. The molecule has 0 bridgehead atoms. The fourth-order valence-electron chi connectivity index (χ4n) is 9.68. The van der Waals surface area contributed by atoms with E-state index in [0.29, 0.717) is 23.9 Å². The highest BCUT2D eigenvalue weighted by Gasteiger charge is 2.27. The molecule has 0 aliphatic rings. The van der Waals surface area contributed by atoms with E-state index in [2.05, 4.69) is 38.2 Å². The largest absolute Gasteiger partial charge is 0.472 e. The smallest absolute Gasteiger partial charge is 0.462 e. The summed E-state index contributed by atoms with van der Waals surface area (Å²) >= 11 is 0. The Kier molecular flexibility index (Phi) is 56.0.